The summed E-state index contributed by atoms with van der Waals surface area (Å²) in [5.41, 5.74) is 8.29. The lowest BCUT2D eigenvalue weighted by atomic mass is 10.0. The summed E-state index contributed by atoms with van der Waals surface area (Å²) < 4.78 is 0. The van der Waals surface area contributed by atoms with Crippen molar-refractivity contribution < 1.29 is 4.79 Å². The molecule has 0 aliphatic heterocycles. The van der Waals surface area contributed by atoms with Gasteiger partial charge in [-0.2, -0.15) is 5.10 Å². The van der Waals surface area contributed by atoms with Gasteiger partial charge in [0.25, 0.3) is 0 Å². The van der Waals surface area contributed by atoms with E-state index in [2.05, 4.69) is 54.7 Å². The molecule has 2 atom stereocenters. The Morgan fingerprint density at radius 1 is 1.13 bits per heavy atom. The molecular formula is C20H22N2O. The van der Waals surface area contributed by atoms with E-state index < -0.39 is 0 Å². The van der Waals surface area contributed by atoms with Crippen molar-refractivity contribution in [2.45, 2.75) is 33.1 Å². The van der Waals surface area contributed by atoms with Crippen LogP contribution in [-0.4, -0.2) is 11.6 Å². The molecule has 0 aromatic heterocycles. The van der Waals surface area contributed by atoms with Crippen LogP contribution in [0.2, 0.25) is 0 Å². The lowest BCUT2D eigenvalue weighted by Crippen LogP contribution is -2.21. The van der Waals surface area contributed by atoms with Crippen LogP contribution in [0.25, 0.3) is 0 Å². The van der Waals surface area contributed by atoms with E-state index >= 15 is 0 Å². The summed E-state index contributed by atoms with van der Waals surface area (Å²) in [5, 5.41) is 4.29. The number of hydrazone groups is 1. The average molecular weight is 306 g/mol. The Kier molecular flexibility index (Phi) is 4.28. The Balaban J connectivity index is 1.63. The first-order valence-corrected chi connectivity index (χ1v) is 8.03. The monoisotopic (exact) mass is 306 g/mol. The van der Waals surface area contributed by atoms with Gasteiger partial charge in [-0.1, -0.05) is 54.1 Å². The first-order chi connectivity index (χ1) is 11.1. The minimum absolute atomic E-state index is 0.0166. The van der Waals surface area contributed by atoms with E-state index in [9.17, 15) is 4.79 Å². The van der Waals surface area contributed by atoms with E-state index in [1.54, 1.807) is 0 Å². The van der Waals surface area contributed by atoms with E-state index in [1.807, 2.05) is 25.1 Å². The molecule has 3 heteroatoms. The fraction of sp³-hybridized carbons (Fsp3) is 0.300. The molecule has 1 aliphatic carbocycles. The third-order valence-corrected chi connectivity index (χ3v) is 4.46. The highest BCUT2D eigenvalue weighted by Crippen LogP contribution is 2.47. The topological polar surface area (TPSA) is 41.5 Å². The Labute approximate surface area is 137 Å². The number of aryl methyl sites for hydroxylation is 2. The number of rotatable bonds is 4. The van der Waals surface area contributed by atoms with Crippen LogP contribution in [0.1, 0.15) is 41.5 Å². The number of hydrogen-bond donors (Lipinski definition) is 1. The van der Waals surface area contributed by atoms with Gasteiger partial charge in [0.15, 0.2) is 0 Å². The molecular weight excluding hydrogens is 284 g/mol. The van der Waals surface area contributed by atoms with Crippen LogP contribution in [0, 0.1) is 19.8 Å². The van der Waals surface area contributed by atoms with Crippen molar-refractivity contribution in [3.8, 4) is 0 Å². The largest absolute Gasteiger partial charge is 0.273 e. The second kappa shape index (κ2) is 6.37. The highest BCUT2D eigenvalue weighted by molar-refractivity contribution is 6.00. The van der Waals surface area contributed by atoms with Crippen molar-refractivity contribution in [2.75, 3.05) is 0 Å². The zero-order chi connectivity index (χ0) is 16.4. The average Bonchev–Trinajstić information content (AvgIpc) is 3.34. The molecule has 1 N–H and O–H groups in total. The zero-order valence-corrected chi connectivity index (χ0v) is 13.8. The van der Waals surface area contributed by atoms with Crippen molar-refractivity contribution in [2.24, 2.45) is 11.0 Å². The summed E-state index contributed by atoms with van der Waals surface area (Å²) in [6, 6.07) is 16.5. The van der Waals surface area contributed by atoms with E-state index in [1.165, 1.54) is 16.7 Å². The molecule has 1 saturated carbocycles. The lowest BCUT2D eigenvalue weighted by Gasteiger charge is -2.07. The van der Waals surface area contributed by atoms with E-state index in [0.29, 0.717) is 5.92 Å². The van der Waals surface area contributed by atoms with Crippen LogP contribution in [0.3, 0.4) is 0 Å². The number of carbonyl (C=O) groups is 1. The predicted molar refractivity (Wildman–Crippen MR) is 93.6 cm³/mol. The Hall–Kier alpha value is -2.42. The van der Waals surface area contributed by atoms with Crippen LogP contribution in [0.4, 0.5) is 0 Å². The number of amides is 1. The molecule has 23 heavy (non-hydrogen) atoms. The SMILES string of the molecule is C/C(=N/NC(=O)[C@H]1C[C@H]1c1ccccc1)c1ccc(C)cc1C. The molecule has 0 radical (unpaired) electrons. The highest BCUT2D eigenvalue weighted by Gasteiger charge is 2.43. The lowest BCUT2D eigenvalue weighted by molar-refractivity contribution is -0.122. The maximum absolute atomic E-state index is 12.2. The summed E-state index contributed by atoms with van der Waals surface area (Å²) in [7, 11) is 0. The summed E-state index contributed by atoms with van der Waals surface area (Å²) in [6.07, 6.45) is 0.911. The van der Waals surface area contributed by atoms with Crippen LogP contribution in [-0.2, 0) is 4.79 Å². The van der Waals surface area contributed by atoms with Crippen LogP contribution < -0.4 is 5.43 Å². The second-order valence-corrected chi connectivity index (χ2v) is 6.35. The summed E-state index contributed by atoms with van der Waals surface area (Å²) in [6.45, 7) is 6.07. The van der Waals surface area contributed by atoms with E-state index in [4.69, 9.17) is 0 Å². The van der Waals surface area contributed by atoms with Gasteiger partial charge in [-0.25, -0.2) is 5.43 Å². The summed E-state index contributed by atoms with van der Waals surface area (Å²) in [4.78, 5) is 12.2. The van der Waals surface area contributed by atoms with Crippen molar-refractivity contribution in [1.82, 2.24) is 5.43 Å². The standard InChI is InChI=1S/C20H22N2O/c1-13-9-10-17(14(2)11-13)15(3)21-22-20(23)19-12-18(19)16-7-5-4-6-8-16/h4-11,18-19H,12H2,1-3H3,(H,22,23)/b21-15-/t18-,19-/m0/s1. The molecule has 118 valence electrons. The van der Waals surface area contributed by atoms with Gasteiger partial charge in [0.2, 0.25) is 5.91 Å². The molecule has 2 aromatic rings. The maximum atomic E-state index is 12.2. The maximum Gasteiger partial charge on any atom is 0.243 e. The molecule has 0 spiro atoms. The Morgan fingerprint density at radius 3 is 2.57 bits per heavy atom. The van der Waals surface area contributed by atoms with E-state index in [-0.39, 0.29) is 11.8 Å². The summed E-state index contributed by atoms with van der Waals surface area (Å²) >= 11 is 0. The molecule has 1 aliphatic rings. The van der Waals surface area contributed by atoms with Crippen LogP contribution in [0.5, 0.6) is 0 Å². The summed E-state index contributed by atoms with van der Waals surface area (Å²) in [5.74, 6) is 0.406. The smallest absolute Gasteiger partial charge is 0.243 e. The van der Waals surface area contributed by atoms with Crippen molar-refractivity contribution in [1.29, 1.82) is 0 Å². The Morgan fingerprint density at radius 2 is 1.87 bits per heavy atom. The number of benzene rings is 2. The quantitative estimate of drug-likeness (QED) is 0.674. The fourth-order valence-corrected chi connectivity index (χ4v) is 3.06. The van der Waals surface area contributed by atoms with Gasteiger partial charge in [0.1, 0.15) is 0 Å². The first-order valence-electron chi connectivity index (χ1n) is 8.03. The predicted octanol–water partition coefficient (Wildman–Crippen LogP) is 3.95. The molecule has 3 rings (SSSR count). The number of carbonyl (C=O) groups excluding carboxylic acids is 1. The van der Waals surface area contributed by atoms with Crippen molar-refractivity contribution in [3.05, 3.63) is 70.8 Å². The van der Waals surface area contributed by atoms with Crippen molar-refractivity contribution >= 4 is 11.6 Å². The molecule has 0 unspecified atom stereocenters. The van der Waals surface area contributed by atoms with E-state index in [0.717, 1.165) is 17.7 Å². The van der Waals surface area contributed by atoms with Crippen molar-refractivity contribution in [3.63, 3.8) is 0 Å². The molecule has 1 fully saturated rings. The molecule has 3 nitrogen and oxygen atoms in total. The first kappa shape index (κ1) is 15.5. The fourth-order valence-electron chi connectivity index (χ4n) is 3.06. The van der Waals surface area contributed by atoms with Gasteiger partial charge in [-0.15, -0.1) is 0 Å². The minimum atomic E-state index is 0.0166. The van der Waals surface area contributed by atoms with Gasteiger partial charge < -0.3 is 0 Å². The third-order valence-electron chi connectivity index (χ3n) is 4.46. The highest BCUT2D eigenvalue weighted by atomic mass is 16.2. The minimum Gasteiger partial charge on any atom is -0.273 e. The van der Waals surface area contributed by atoms with Crippen LogP contribution in [0.15, 0.2) is 53.6 Å². The molecule has 2 aromatic carbocycles. The third kappa shape index (κ3) is 3.50. The molecule has 0 saturated heterocycles. The molecule has 0 bridgehead atoms. The molecule has 0 heterocycles. The number of nitrogens with zero attached hydrogens (tertiary/aromatic N) is 1. The van der Waals surface area contributed by atoms with Gasteiger partial charge in [0, 0.05) is 11.5 Å². The number of nitrogens with one attached hydrogen (secondary N) is 1. The number of hydrogen-bond acceptors (Lipinski definition) is 2. The van der Waals surface area contributed by atoms with Gasteiger partial charge in [-0.3, -0.25) is 4.79 Å². The normalized spacial score (nSPS) is 20.2. The van der Waals surface area contributed by atoms with Gasteiger partial charge in [0.05, 0.1) is 5.71 Å². The second-order valence-electron chi connectivity index (χ2n) is 6.35. The van der Waals surface area contributed by atoms with Gasteiger partial charge >= 0.3 is 0 Å². The zero-order valence-electron chi connectivity index (χ0n) is 13.8. The van der Waals surface area contributed by atoms with Crippen LogP contribution >= 0.6 is 0 Å². The Bertz CT molecular complexity index is 749. The molecule has 1 amide bonds. The van der Waals surface area contributed by atoms with Gasteiger partial charge in [-0.05, 0) is 44.2 Å².